The maximum absolute atomic E-state index is 12.3. The van der Waals surface area contributed by atoms with Crippen molar-refractivity contribution in [2.24, 2.45) is 0 Å². The molecule has 1 atom stereocenters. The van der Waals surface area contributed by atoms with Crippen molar-refractivity contribution in [1.82, 2.24) is 0 Å². The van der Waals surface area contributed by atoms with Gasteiger partial charge in [-0.2, -0.15) is 0 Å². The Hall–Kier alpha value is -1.61. The van der Waals surface area contributed by atoms with Crippen molar-refractivity contribution in [3.05, 3.63) is 71.8 Å². The van der Waals surface area contributed by atoms with Crippen molar-refractivity contribution in [3.63, 3.8) is 0 Å². The van der Waals surface area contributed by atoms with Gasteiger partial charge < -0.3 is 0 Å². The third-order valence-corrected chi connectivity index (χ3v) is 5.10. The van der Waals surface area contributed by atoms with Crippen LogP contribution in [0.3, 0.4) is 0 Å². The lowest BCUT2D eigenvalue weighted by Gasteiger charge is -2.13. The topological polar surface area (TPSA) is 34.1 Å². The van der Waals surface area contributed by atoms with Crippen LogP contribution in [-0.4, -0.2) is 8.42 Å². The van der Waals surface area contributed by atoms with Crippen molar-refractivity contribution in [3.8, 4) is 0 Å². The molecule has 0 saturated heterocycles. The lowest BCUT2D eigenvalue weighted by atomic mass is 10.2. The average Bonchev–Trinajstić information content (AvgIpc) is 2.39. The third-order valence-electron chi connectivity index (χ3n) is 3.02. The summed E-state index contributed by atoms with van der Waals surface area (Å²) in [4.78, 5) is 0. The molecule has 2 rings (SSSR count). The first-order chi connectivity index (χ1) is 8.59. The molecule has 0 aliphatic rings. The van der Waals surface area contributed by atoms with Crippen LogP contribution in [0.15, 0.2) is 60.7 Å². The fourth-order valence-electron chi connectivity index (χ4n) is 1.86. The fraction of sp³-hybridized carbons (Fsp3) is 0.200. The van der Waals surface area contributed by atoms with Crippen molar-refractivity contribution in [1.29, 1.82) is 0 Å². The standard InChI is InChI=1S/C15H16O2S/c1-13(15-10-6-3-7-11-15)18(16,17)12-14-8-4-2-5-9-14/h2-11,13H,12H2,1H3/t13-/m1/s1. The molecule has 0 spiro atoms. The van der Waals surface area contributed by atoms with Crippen LogP contribution < -0.4 is 0 Å². The smallest absolute Gasteiger partial charge is 0.161 e. The molecule has 94 valence electrons. The Bertz CT molecular complexity index is 589. The lowest BCUT2D eigenvalue weighted by Crippen LogP contribution is -2.12. The minimum atomic E-state index is -3.17. The zero-order chi connectivity index (χ0) is 13.0. The minimum Gasteiger partial charge on any atom is -0.228 e. The quantitative estimate of drug-likeness (QED) is 0.844. The van der Waals surface area contributed by atoms with Gasteiger partial charge in [0.1, 0.15) is 0 Å². The van der Waals surface area contributed by atoms with E-state index < -0.39 is 15.1 Å². The van der Waals surface area contributed by atoms with E-state index in [2.05, 4.69) is 0 Å². The van der Waals surface area contributed by atoms with Crippen molar-refractivity contribution < 1.29 is 8.42 Å². The number of rotatable bonds is 4. The van der Waals surface area contributed by atoms with Gasteiger partial charge in [-0.25, -0.2) is 8.42 Å². The normalized spacial score (nSPS) is 13.2. The number of sulfone groups is 1. The van der Waals surface area contributed by atoms with Crippen LogP contribution in [-0.2, 0) is 15.6 Å². The first-order valence-corrected chi connectivity index (χ1v) is 7.61. The van der Waals surface area contributed by atoms with Gasteiger partial charge in [-0.1, -0.05) is 60.7 Å². The van der Waals surface area contributed by atoms with E-state index in [4.69, 9.17) is 0 Å². The molecular formula is C15H16O2S. The summed E-state index contributed by atoms with van der Waals surface area (Å²) in [7, 11) is -3.17. The molecule has 0 radical (unpaired) electrons. The van der Waals surface area contributed by atoms with Gasteiger partial charge in [0.2, 0.25) is 0 Å². The Kier molecular flexibility index (Phi) is 3.82. The highest BCUT2D eigenvalue weighted by atomic mass is 32.2. The maximum Gasteiger partial charge on any atom is 0.161 e. The van der Waals surface area contributed by atoms with Gasteiger partial charge in [0.15, 0.2) is 9.84 Å². The molecule has 18 heavy (non-hydrogen) atoms. The van der Waals surface area contributed by atoms with Crippen LogP contribution in [0.2, 0.25) is 0 Å². The predicted octanol–water partition coefficient (Wildman–Crippen LogP) is 3.36. The minimum absolute atomic E-state index is 0.0872. The number of hydrogen-bond donors (Lipinski definition) is 0. The second kappa shape index (κ2) is 5.36. The first kappa shape index (κ1) is 12.8. The highest BCUT2D eigenvalue weighted by molar-refractivity contribution is 7.90. The SMILES string of the molecule is C[C@H](c1ccccc1)S(=O)(=O)Cc1ccccc1. The molecule has 2 aromatic carbocycles. The second-order valence-corrected chi connectivity index (χ2v) is 6.67. The van der Waals surface area contributed by atoms with Crippen LogP contribution in [0.1, 0.15) is 23.3 Å². The molecule has 0 aliphatic carbocycles. The summed E-state index contributed by atoms with van der Waals surface area (Å²) in [5, 5.41) is -0.473. The number of benzene rings is 2. The Morgan fingerprint density at radius 2 is 1.39 bits per heavy atom. The van der Waals surface area contributed by atoms with E-state index in [1.54, 1.807) is 6.92 Å². The monoisotopic (exact) mass is 260 g/mol. The van der Waals surface area contributed by atoms with Gasteiger partial charge in [0.05, 0.1) is 11.0 Å². The Balaban J connectivity index is 2.22. The van der Waals surface area contributed by atoms with Gasteiger partial charge in [-0.05, 0) is 18.1 Å². The highest BCUT2D eigenvalue weighted by Crippen LogP contribution is 2.24. The largest absolute Gasteiger partial charge is 0.228 e. The summed E-state index contributed by atoms with van der Waals surface area (Å²) in [6.07, 6.45) is 0. The second-order valence-electron chi connectivity index (χ2n) is 4.35. The van der Waals surface area contributed by atoms with Crippen molar-refractivity contribution in [2.45, 2.75) is 17.9 Å². The van der Waals surface area contributed by atoms with Crippen molar-refractivity contribution in [2.75, 3.05) is 0 Å². The summed E-state index contributed by atoms with van der Waals surface area (Å²) < 4.78 is 24.6. The van der Waals surface area contributed by atoms with E-state index in [-0.39, 0.29) is 5.75 Å². The zero-order valence-corrected chi connectivity index (χ0v) is 11.1. The van der Waals surface area contributed by atoms with Crippen LogP contribution in [0.25, 0.3) is 0 Å². The first-order valence-electron chi connectivity index (χ1n) is 5.90. The van der Waals surface area contributed by atoms with E-state index in [1.807, 2.05) is 60.7 Å². The molecule has 0 aromatic heterocycles. The van der Waals surface area contributed by atoms with E-state index in [1.165, 1.54) is 0 Å². The molecule has 0 unspecified atom stereocenters. The molecule has 0 bridgehead atoms. The van der Waals surface area contributed by atoms with Crippen LogP contribution in [0.4, 0.5) is 0 Å². The van der Waals surface area contributed by atoms with Crippen molar-refractivity contribution >= 4 is 9.84 Å². The van der Waals surface area contributed by atoms with Crippen LogP contribution in [0.5, 0.6) is 0 Å². The van der Waals surface area contributed by atoms with Crippen LogP contribution >= 0.6 is 0 Å². The fourth-order valence-corrected chi connectivity index (χ4v) is 3.34. The summed E-state index contributed by atoms with van der Waals surface area (Å²) in [5.41, 5.74) is 1.67. The third kappa shape index (κ3) is 2.99. The summed E-state index contributed by atoms with van der Waals surface area (Å²) >= 11 is 0. The number of hydrogen-bond acceptors (Lipinski definition) is 2. The zero-order valence-electron chi connectivity index (χ0n) is 10.3. The predicted molar refractivity (Wildman–Crippen MR) is 73.9 cm³/mol. The molecule has 3 heteroatoms. The van der Waals surface area contributed by atoms with E-state index in [0.29, 0.717) is 0 Å². The maximum atomic E-state index is 12.3. The summed E-state index contributed by atoms with van der Waals surface area (Å²) in [6.45, 7) is 1.74. The van der Waals surface area contributed by atoms with Gasteiger partial charge in [0.25, 0.3) is 0 Å². The van der Waals surface area contributed by atoms with Gasteiger partial charge in [-0.15, -0.1) is 0 Å². The average molecular weight is 260 g/mol. The van der Waals surface area contributed by atoms with E-state index >= 15 is 0 Å². The summed E-state index contributed by atoms with van der Waals surface area (Å²) in [6, 6.07) is 18.6. The lowest BCUT2D eigenvalue weighted by molar-refractivity contribution is 0.585. The molecule has 0 N–H and O–H groups in total. The molecule has 0 amide bonds. The van der Waals surface area contributed by atoms with Gasteiger partial charge in [0, 0.05) is 0 Å². The van der Waals surface area contributed by atoms with Gasteiger partial charge in [-0.3, -0.25) is 0 Å². The Morgan fingerprint density at radius 1 is 0.889 bits per heavy atom. The molecule has 0 aliphatic heterocycles. The van der Waals surface area contributed by atoms with E-state index in [9.17, 15) is 8.42 Å². The van der Waals surface area contributed by atoms with E-state index in [0.717, 1.165) is 11.1 Å². The molecule has 2 aromatic rings. The molecule has 0 heterocycles. The Morgan fingerprint density at radius 3 is 1.94 bits per heavy atom. The highest BCUT2D eigenvalue weighted by Gasteiger charge is 2.22. The summed E-state index contributed by atoms with van der Waals surface area (Å²) in [5.74, 6) is 0.0872. The molecular weight excluding hydrogens is 244 g/mol. The Labute approximate surface area is 108 Å². The molecule has 2 nitrogen and oxygen atoms in total. The molecule has 0 fully saturated rings. The molecule has 0 saturated carbocycles. The van der Waals surface area contributed by atoms with Crippen LogP contribution in [0, 0.1) is 0 Å². The van der Waals surface area contributed by atoms with Gasteiger partial charge >= 0.3 is 0 Å².